The molecule has 0 aliphatic carbocycles. The molecule has 0 bridgehead atoms. The summed E-state index contributed by atoms with van der Waals surface area (Å²) in [5.74, 6) is -0.692. The van der Waals surface area contributed by atoms with Crippen LogP contribution in [0.25, 0.3) is 0 Å². The maximum atomic E-state index is 11.5. The zero-order chi connectivity index (χ0) is 12.4. The molecule has 2 heterocycles. The number of aliphatic carboxylic acids is 1. The first-order valence-electron chi connectivity index (χ1n) is 4.96. The molecule has 1 aromatic rings. The van der Waals surface area contributed by atoms with E-state index in [1.165, 1.54) is 0 Å². The fourth-order valence-corrected chi connectivity index (χ4v) is 1.42. The van der Waals surface area contributed by atoms with Gasteiger partial charge >= 0.3 is 5.97 Å². The van der Waals surface area contributed by atoms with E-state index in [9.17, 15) is 9.59 Å². The van der Waals surface area contributed by atoms with Crippen molar-refractivity contribution in [1.29, 1.82) is 0 Å². The maximum Gasteiger partial charge on any atom is 0.352 e. The van der Waals surface area contributed by atoms with Crippen LogP contribution in [0.5, 0.6) is 0 Å². The molecular weight excluding hydrogens is 228 g/mol. The zero-order valence-electron chi connectivity index (χ0n) is 9.08. The highest BCUT2D eigenvalue weighted by Gasteiger charge is 2.25. The van der Waals surface area contributed by atoms with Crippen molar-refractivity contribution in [2.75, 3.05) is 0 Å². The minimum absolute atomic E-state index is 0.0208. The Morgan fingerprint density at radius 3 is 2.88 bits per heavy atom. The van der Waals surface area contributed by atoms with Crippen molar-refractivity contribution in [1.82, 2.24) is 15.1 Å². The molecule has 0 spiro atoms. The van der Waals surface area contributed by atoms with E-state index < -0.39 is 5.97 Å². The van der Waals surface area contributed by atoms with Crippen LogP contribution in [0.2, 0.25) is 0 Å². The van der Waals surface area contributed by atoms with E-state index in [-0.39, 0.29) is 31.0 Å². The number of rotatable bonds is 3. The first-order chi connectivity index (χ1) is 8.06. The number of aryl methyl sites for hydroxylation is 1. The Morgan fingerprint density at radius 1 is 1.53 bits per heavy atom. The molecule has 0 saturated heterocycles. The zero-order valence-corrected chi connectivity index (χ0v) is 9.08. The van der Waals surface area contributed by atoms with Crippen LogP contribution in [0.4, 0.5) is 0 Å². The molecule has 0 radical (unpaired) electrons. The number of carbonyl (C=O) groups is 2. The standard InChI is InChI=1S/C9H10N4O4/c1-5-10-7(12-17-5)4-13-8(14)3-2-6(11-13)9(15)16/h2-4H2,1H3,(H,15,16). The van der Waals surface area contributed by atoms with Crippen LogP contribution in [0.15, 0.2) is 9.62 Å². The van der Waals surface area contributed by atoms with Crippen LogP contribution < -0.4 is 0 Å². The molecule has 1 N–H and O–H groups in total. The van der Waals surface area contributed by atoms with Gasteiger partial charge < -0.3 is 9.63 Å². The van der Waals surface area contributed by atoms with E-state index in [4.69, 9.17) is 9.63 Å². The number of carboxylic acids is 1. The number of carbonyl (C=O) groups excluding carboxylic acids is 1. The molecule has 0 fully saturated rings. The minimum atomic E-state index is -1.12. The third-order valence-electron chi connectivity index (χ3n) is 2.21. The van der Waals surface area contributed by atoms with Crippen LogP contribution in [-0.4, -0.2) is 37.8 Å². The Balaban J connectivity index is 2.15. The number of hydrazone groups is 1. The Hall–Kier alpha value is -2.25. The number of aromatic nitrogens is 2. The molecule has 1 aliphatic heterocycles. The molecule has 0 saturated carbocycles. The summed E-state index contributed by atoms with van der Waals surface area (Å²) in [7, 11) is 0. The van der Waals surface area contributed by atoms with Crippen LogP contribution in [-0.2, 0) is 16.1 Å². The molecule has 8 heteroatoms. The lowest BCUT2D eigenvalue weighted by atomic mass is 10.2. The summed E-state index contributed by atoms with van der Waals surface area (Å²) in [5, 5.41) is 17.2. The van der Waals surface area contributed by atoms with E-state index in [1.54, 1.807) is 6.92 Å². The smallest absolute Gasteiger partial charge is 0.352 e. The molecule has 0 atom stereocenters. The molecule has 8 nitrogen and oxygen atoms in total. The first kappa shape index (κ1) is 11.2. The number of amides is 1. The monoisotopic (exact) mass is 238 g/mol. The topological polar surface area (TPSA) is 109 Å². The number of carboxylic acid groups (broad SMARTS) is 1. The van der Waals surface area contributed by atoms with Crippen LogP contribution in [0.3, 0.4) is 0 Å². The van der Waals surface area contributed by atoms with Crippen molar-refractivity contribution >= 4 is 17.6 Å². The Labute approximate surface area is 95.9 Å². The van der Waals surface area contributed by atoms with Gasteiger partial charge in [-0.1, -0.05) is 5.16 Å². The van der Waals surface area contributed by atoms with Crippen LogP contribution in [0.1, 0.15) is 24.6 Å². The highest BCUT2D eigenvalue weighted by molar-refractivity contribution is 6.36. The van der Waals surface area contributed by atoms with Crippen molar-refractivity contribution in [3.63, 3.8) is 0 Å². The van der Waals surface area contributed by atoms with E-state index in [2.05, 4.69) is 15.2 Å². The average Bonchev–Trinajstić information content (AvgIpc) is 2.67. The van der Waals surface area contributed by atoms with Gasteiger partial charge in [-0.2, -0.15) is 10.1 Å². The van der Waals surface area contributed by atoms with Gasteiger partial charge in [0.1, 0.15) is 12.3 Å². The second-order valence-electron chi connectivity index (χ2n) is 3.53. The molecule has 90 valence electrons. The van der Waals surface area contributed by atoms with E-state index in [0.29, 0.717) is 11.7 Å². The van der Waals surface area contributed by atoms with Crippen molar-refractivity contribution in [2.24, 2.45) is 5.10 Å². The summed E-state index contributed by atoms with van der Waals surface area (Å²) < 4.78 is 4.75. The van der Waals surface area contributed by atoms with Gasteiger partial charge in [-0.25, -0.2) is 9.80 Å². The molecular formula is C9H10N4O4. The van der Waals surface area contributed by atoms with Crippen molar-refractivity contribution in [2.45, 2.75) is 26.3 Å². The summed E-state index contributed by atoms with van der Waals surface area (Å²) >= 11 is 0. The van der Waals surface area contributed by atoms with Gasteiger partial charge in [-0.05, 0) is 0 Å². The first-order valence-corrected chi connectivity index (χ1v) is 4.96. The highest BCUT2D eigenvalue weighted by atomic mass is 16.5. The van der Waals surface area contributed by atoms with Crippen LogP contribution >= 0.6 is 0 Å². The Kier molecular flexibility index (Phi) is 2.86. The molecule has 1 aliphatic rings. The van der Waals surface area contributed by atoms with Crippen molar-refractivity contribution in [3.8, 4) is 0 Å². The normalized spacial score (nSPS) is 15.9. The van der Waals surface area contributed by atoms with E-state index in [1.807, 2.05) is 0 Å². The molecule has 0 unspecified atom stereocenters. The third-order valence-corrected chi connectivity index (χ3v) is 2.21. The average molecular weight is 238 g/mol. The largest absolute Gasteiger partial charge is 0.477 e. The summed E-state index contributed by atoms with van der Waals surface area (Å²) in [4.78, 5) is 26.2. The summed E-state index contributed by atoms with van der Waals surface area (Å²) in [6.45, 7) is 1.65. The fraction of sp³-hybridized carbons (Fsp3) is 0.444. The summed E-state index contributed by atoms with van der Waals surface area (Å²) in [6.07, 6.45) is 0.276. The van der Waals surface area contributed by atoms with Crippen molar-refractivity contribution < 1.29 is 19.2 Å². The summed E-state index contributed by atoms with van der Waals surface area (Å²) in [5.41, 5.74) is -0.0372. The highest BCUT2D eigenvalue weighted by Crippen LogP contribution is 2.12. The van der Waals surface area contributed by atoms with Crippen molar-refractivity contribution in [3.05, 3.63) is 11.7 Å². The molecule has 2 rings (SSSR count). The maximum absolute atomic E-state index is 11.5. The molecule has 0 aromatic carbocycles. The lowest BCUT2D eigenvalue weighted by Crippen LogP contribution is -2.34. The molecule has 1 aromatic heterocycles. The third kappa shape index (κ3) is 2.47. The minimum Gasteiger partial charge on any atom is -0.477 e. The van der Waals surface area contributed by atoms with Gasteiger partial charge in [0.05, 0.1) is 0 Å². The van der Waals surface area contributed by atoms with E-state index >= 15 is 0 Å². The second-order valence-corrected chi connectivity index (χ2v) is 3.53. The fourth-order valence-electron chi connectivity index (χ4n) is 1.42. The second kappa shape index (κ2) is 4.32. The molecule has 17 heavy (non-hydrogen) atoms. The van der Waals surface area contributed by atoms with Gasteiger partial charge in [0, 0.05) is 19.8 Å². The molecule has 1 amide bonds. The lowest BCUT2D eigenvalue weighted by molar-refractivity contribution is -0.133. The van der Waals surface area contributed by atoms with Gasteiger partial charge in [0.2, 0.25) is 11.8 Å². The van der Waals surface area contributed by atoms with Gasteiger partial charge in [0.25, 0.3) is 0 Å². The van der Waals surface area contributed by atoms with E-state index in [0.717, 1.165) is 5.01 Å². The number of hydrogen-bond donors (Lipinski definition) is 1. The Morgan fingerprint density at radius 2 is 2.29 bits per heavy atom. The Bertz CT molecular complexity index is 493. The quantitative estimate of drug-likeness (QED) is 0.790. The predicted molar refractivity (Wildman–Crippen MR) is 53.9 cm³/mol. The van der Waals surface area contributed by atoms with Crippen LogP contribution in [0, 0.1) is 6.92 Å². The number of nitrogens with zero attached hydrogens (tertiary/aromatic N) is 4. The predicted octanol–water partition coefficient (Wildman–Crippen LogP) is -0.0590. The SMILES string of the molecule is Cc1nc(CN2N=C(C(=O)O)CCC2=O)no1. The number of hydrogen-bond acceptors (Lipinski definition) is 6. The summed E-state index contributed by atoms with van der Waals surface area (Å²) in [6, 6.07) is 0. The lowest BCUT2D eigenvalue weighted by Gasteiger charge is -2.20. The van der Waals surface area contributed by atoms with Gasteiger partial charge in [-0.3, -0.25) is 4.79 Å². The van der Waals surface area contributed by atoms with Gasteiger partial charge in [-0.15, -0.1) is 0 Å². The van der Waals surface area contributed by atoms with Gasteiger partial charge in [0.15, 0.2) is 5.82 Å².